The topological polar surface area (TPSA) is 99.8 Å². The minimum absolute atomic E-state index is 0.137. The van der Waals surface area contributed by atoms with E-state index in [0.717, 1.165) is 15.8 Å². The summed E-state index contributed by atoms with van der Waals surface area (Å²) in [4.78, 5) is 32.9. The van der Waals surface area contributed by atoms with Crippen LogP contribution in [0.3, 0.4) is 0 Å². The molecule has 4 rings (SSSR count). The fraction of sp³-hybridized carbons (Fsp3) is 0.429. The highest BCUT2D eigenvalue weighted by atomic mass is 19.4. The number of alkyl halides is 3. The van der Waals surface area contributed by atoms with Gasteiger partial charge in [0, 0.05) is 46.5 Å². The largest absolute Gasteiger partial charge is 0.417 e. The summed E-state index contributed by atoms with van der Waals surface area (Å²) < 4.78 is 41.8. The first kappa shape index (κ1) is 23.4. The Balaban J connectivity index is 1.42. The molecule has 1 saturated heterocycles. The highest BCUT2D eigenvalue weighted by Crippen LogP contribution is 2.30. The van der Waals surface area contributed by atoms with Gasteiger partial charge < -0.3 is 25.0 Å². The molecule has 4 heterocycles. The molecule has 0 atom stereocenters. The molecule has 3 aromatic heterocycles. The van der Waals surface area contributed by atoms with Crippen LogP contribution in [0.15, 0.2) is 35.6 Å². The number of hydrogen-bond donors (Lipinski definition) is 2. The van der Waals surface area contributed by atoms with Gasteiger partial charge in [-0.25, -0.2) is 14.3 Å². The molecule has 0 radical (unpaired) electrons. The van der Waals surface area contributed by atoms with Gasteiger partial charge >= 0.3 is 12.2 Å². The first-order valence-corrected chi connectivity index (χ1v) is 10.7. The Bertz CT molecular complexity index is 1260. The molecule has 10 nitrogen and oxygen atoms in total. The fourth-order valence-electron chi connectivity index (χ4n) is 4.06. The molecular weight excluding hydrogens is 453 g/mol. The normalized spacial score (nSPS) is 14.9. The van der Waals surface area contributed by atoms with Crippen molar-refractivity contribution in [1.29, 1.82) is 0 Å². The molecule has 1 aliphatic rings. The quantitative estimate of drug-likeness (QED) is 0.598. The molecular formula is C21H25F3N8O2. The third-order valence-electron chi connectivity index (χ3n) is 6.07. The third-order valence-corrected chi connectivity index (χ3v) is 6.07. The molecule has 0 aromatic carbocycles. The van der Waals surface area contributed by atoms with Crippen LogP contribution in [0.1, 0.15) is 18.4 Å². The summed E-state index contributed by atoms with van der Waals surface area (Å²) in [5, 5.41) is 9.69. The van der Waals surface area contributed by atoms with Crippen LogP contribution < -0.4 is 21.1 Å². The van der Waals surface area contributed by atoms with Gasteiger partial charge in [-0.3, -0.25) is 4.79 Å². The number of nitrogens with one attached hydrogen (secondary N) is 2. The van der Waals surface area contributed by atoms with Gasteiger partial charge in [0.15, 0.2) is 0 Å². The lowest BCUT2D eigenvalue weighted by Gasteiger charge is -2.37. The average molecular weight is 478 g/mol. The zero-order chi connectivity index (χ0) is 24.6. The number of nitrogens with zero attached hydrogens (tertiary/aromatic N) is 6. The van der Waals surface area contributed by atoms with Gasteiger partial charge in [0.25, 0.3) is 5.56 Å². The summed E-state index contributed by atoms with van der Waals surface area (Å²) in [6.45, 7) is 1.31. The lowest BCUT2D eigenvalue weighted by molar-refractivity contribution is -0.138. The third kappa shape index (κ3) is 4.50. The molecule has 1 fully saturated rings. The van der Waals surface area contributed by atoms with Gasteiger partial charge in [-0.2, -0.15) is 18.3 Å². The molecule has 0 saturated carbocycles. The van der Waals surface area contributed by atoms with Crippen molar-refractivity contribution < 1.29 is 18.0 Å². The van der Waals surface area contributed by atoms with Crippen molar-refractivity contribution in [2.24, 2.45) is 7.05 Å². The number of carbonyl (C=O) groups excluding carboxylic acids is 1. The van der Waals surface area contributed by atoms with E-state index in [-0.39, 0.29) is 6.04 Å². The standard InChI is InChI=1S/C21H25F3N8O2/c1-25-18-12-32-17(9-26-18)16(10-27-32)31-6-4-14(5-7-31)30(3)20(34)28-15-8-13(21(22,23)24)11-29(2)19(15)33/h8-12,14,25H,4-7H2,1-3H3,(H,28,34). The van der Waals surface area contributed by atoms with E-state index in [4.69, 9.17) is 0 Å². The predicted octanol–water partition coefficient (Wildman–Crippen LogP) is 2.62. The molecule has 2 amide bonds. The maximum absolute atomic E-state index is 13.1. The number of piperidine rings is 1. The second-order valence-electron chi connectivity index (χ2n) is 8.20. The number of pyridine rings is 1. The lowest BCUT2D eigenvalue weighted by Crippen LogP contribution is -2.47. The number of halogens is 3. The van der Waals surface area contributed by atoms with Crippen LogP contribution in [0.5, 0.6) is 0 Å². The number of urea groups is 1. The summed E-state index contributed by atoms with van der Waals surface area (Å²) in [6, 6.07) is -0.105. The van der Waals surface area contributed by atoms with Crippen LogP contribution >= 0.6 is 0 Å². The number of rotatable bonds is 4. The van der Waals surface area contributed by atoms with Crippen molar-refractivity contribution in [3.63, 3.8) is 0 Å². The van der Waals surface area contributed by atoms with Gasteiger partial charge in [0.2, 0.25) is 0 Å². The minimum atomic E-state index is -4.63. The number of fused-ring (bicyclic) bond motifs is 1. The van der Waals surface area contributed by atoms with Gasteiger partial charge in [0.1, 0.15) is 17.0 Å². The van der Waals surface area contributed by atoms with Crippen molar-refractivity contribution in [2.75, 3.05) is 42.7 Å². The maximum atomic E-state index is 13.1. The molecule has 1 aliphatic heterocycles. The van der Waals surface area contributed by atoms with Crippen LogP contribution in [0.4, 0.5) is 35.2 Å². The van der Waals surface area contributed by atoms with Gasteiger partial charge in [-0.1, -0.05) is 0 Å². The van der Waals surface area contributed by atoms with Crippen LogP contribution in [-0.4, -0.2) is 63.3 Å². The van der Waals surface area contributed by atoms with E-state index in [0.29, 0.717) is 44.0 Å². The average Bonchev–Trinajstić information content (AvgIpc) is 3.23. The zero-order valence-corrected chi connectivity index (χ0v) is 18.9. The molecule has 13 heteroatoms. The number of anilines is 3. The van der Waals surface area contributed by atoms with Gasteiger partial charge in [-0.05, 0) is 18.9 Å². The Labute approximate surface area is 193 Å². The van der Waals surface area contributed by atoms with E-state index in [1.807, 2.05) is 0 Å². The molecule has 2 N–H and O–H groups in total. The molecule has 0 unspecified atom stereocenters. The number of aryl methyl sites for hydroxylation is 1. The summed E-state index contributed by atoms with van der Waals surface area (Å²) in [5.74, 6) is 0.698. The smallest absolute Gasteiger partial charge is 0.372 e. The zero-order valence-electron chi connectivity index (χ0n) is 18.9. The van der Waals surface area contributed by atoms with Gasteiger partial charge in [-0.15, -0.1) is 0 Å². The van der Waals surface area contributed by atoms with Crippen molar-refractivity contribution in [3.05, 3.63) is 46.8 Å². The predicted molar refractivity (Wildman–Crippen MR) is 121 cm³/mol. The number of amides is 2. The molecule has 0 bridgehead atoms. The maximum Gasteiger partial charge on any atom is 0.417 e. The molecule has 34 heavy (non-hydrogen) atoms. The van der Waals surface area contributed by atoms with Crippen LogP contribution in [0.25, 0.3) is 5.52 Å². The molecule has 182 valence electrons. The SMILES string of the molecule is CNc1cn2ncc(N3CCC(N(C)C(=O)Nc4cc(C(F)(F)F)cn(C)c4=O)CC3)c2cn1. The Kier molecular flexibility index (Phi) is 6.11. The van der Waals surface area contributed by atoms with Crippen LogP contribution in [0, 0.1) is 0 Å². The highest BCUT2D eigenvalue weighted by Gasteiger charge is 2.33. The van der Waals surface area contributed by atoms with E-state index in [1.54, 1.807) is 37.2 Å². The van der Waals surface area contributed by atoms with Crippen molar-refractivity contribution in [2.45, 2.75) is 25.1 Å². The number of hydrogen-bond acceptors (Lipinski definition) is 6. The Morgan fingerprint density at radius 1 is 1.21 bits per heavy atom. The minimum Gasteiger partial charge on any atom is -0.372 e. The molecule has 0 aliphatic carbocycles. The van der Waals surface area contributed by atoms with E-state index >= 15 is 0 Å². The Morgan fingerprint density at radius 2 is 1.91 bits per heavy atom. The highest BCUT2D eigenvalue weighted by molar-refractivity contribution is 5.89. The van der Waals surface area contributed by atoms with E-state index in [2.05, 4.69) is 25.6 Å². The molecule has 3 aromatic rings. The Hall–Kier alpha value is -3.77. The first-order valence-electron chi connectivity index (χ1n) is 10.7. The Morgan fingerprint density at radius 3 is 2.56 bits per heavy atom. The number of aromatic nitrogens is 4. The lowest BCUT2D eigenvalue weighted by atomic mass is 10.0. The van der Waals surface area contributed by atoms with Gasteiger partial charge in [0.05, 0.1) is 29.8 Å². The van der Waals surface area contributed by atoms with Crippen molar-refractivity contribution in [1.82, 2.24) is 24.1 Å². The first-order chi connectivity index (χ1) is 16.1. The summed E-state index contributed by atoms with van der Waals surface area (Å²) >= 11 is 0. The van der Waals surface area contributed by atoms with E-state index in [9.17, 15) is 22.8 Å². The summed E-state index contributed by atoms with van der Waals surface area (Å²) in [6.07, 6.45) is 2.67. The fourth-order valence-corrected chi connectivity index (χ4v) is 4.06. The number of carbonyl (C=O) groups is 1. The summed E-state index contributed by atoms with van der Waals surface area (Å²) in [7, 11) is 4.56. The second kappa shape index (κ2) is 8.88. The van der Waals surface area contributed by atoms with E-state index in [1.165, 1.54) is 11.9 Å². The van der Waals surface area contributed by atoms with Crippen molar-refractivity contribution >= 4 is 28.7 Å². The van der Waals surface area contributed by atoms with E-state index < -0.39 is 29.0 Å². The second-order valence-corrected chi connectivity index (χ2v) is 8.20. The monoisotopic (exact) mass is 478 g/mol. The van der Waals surface area contributed by atoms with Crippen LogP contribution in [0.2, 0.25) is 0 Å². The van der Waals surface area contributed by atoms with Crippen molar-refractivity contribution in [3.8, 4) is 0 Å². The molecule has 0 spiro atoms. The summed E-state index contributed by atoms with van der Waals surface area (Å²) in [5.41, 5.74) is -0.332. The van der Waals surface area contributed by atoms with Crippen LogP contribution in [-0.2, 0) is 13.2 Å².